The highest BCUT2D eigenvalue weighted by Gasteiger charge is 2.30. The van der Waals surface area contributed by atoms with E-state index in [1.807, 2.05) is 26.0 Å². The number of nitrogens with one attached hydrogen (secondary N) is 1. The third-order valence-electron chi connectivity index (χ3n) is 3.26. The SMILES string of the molecule is CCOC1CC(Nc2ccc(C)cc2C(=O)O)C1. The lowest BCUT2D eigenvalue weighted by molar-refractivity contribution is 0.00298. The Morgan fingerprint density at radius 3 is 2.83 bits per heavy atom. The van der Waals surface area contributed by atoms with Crippen molar-refractivity contribution in [2.75, 3.05) is 11.9 Å². The molecule has 2 N–H and O–H groups in total. The van der Waals surface area contributed by atoms with Crippen LogP contribution in [-0.4, -0.2) is 29.8 Å². The first kappa shape index (κ1) is 12.9. The van der Waals surface area contributed by atoms with E-state index in [4.69, 9.17) is 9.84 Å². The van der Waals surface area contributed by atoms with Gasteiger partial charge in [-0.1, -0.05) is 11.6 Å². The van der Waals surface area contributed by atoms with Gasteiger partial charge >= 0.3 is 5.97 Å². The number of aromatic carboxylic acids is 1. The van der Waals surface area contributed by atoms with Crippen LogP contribution in [0, 0.1) is 6.92 Å². The molecule has 1 aliphatic rings. The highest BCUT2D eigenvalue weighted by atomic mass is 16.5. The topological polar surface area (TPSA) is 58.6 Å². The Bertz CT molecular complexity index is 439. The van der Waals surface area contributed by atoms with Crippen molar-refractivity contribution in [3.63, 3.8) is 0 Å². The van der Waals surface area contributed by atoms with E-state index in [9.17, 15) is 4.79 Å². The molecule has 98 valence electrons. The largest absolute Gasteiger partial charge is 0.478 e. The van der Waals surface area contributed by atoms with Gasteiger partial charge in [0.1, 0.15) is 0 Å². The highest BCUT2D eigenvalue weighted by molar-refractivity contribution is 5.94. The first-order valence-electron chi connectivity index (χ1n) is 6.32. The number of anilines is 1. The molecule has 4 heteroatoms. The van der Waals surface area contributed by atoms with Crippen molar-refractivity contribution < 1.29 is 14.6 Å². The number of rotatable bonds is 5. The zero-order valence-electron chi connectivity index (χ0n) is 10.8. The van der Waals surface area contributed by atoms with Gasteiger partial charge in [0.2, 0.25) is 0 Å². The van der Waals surface area contributed by atoms with Crippen LogP contribution < -0.4 is 5.32 Å². The van der Waals surface area contributed by atoms with E-state index in [2.05, 4.69) is 5.32 Å². The standard InChI is InChI=1S/C14H19NO3/c1-3-18-11-7-10(8-11)15-13-5-4-9(2)6-12(13)14(16)17/h4-6,10-11,15H,3,7-8H2,1-2H3,(H,16,17). The molecule has 0 spiro atoms. The monoisotopic (exact) mass is 249 g/mol. The zero-order valence-corrected chi connectivity index (χ0v) is 10.8. The first-order valence-corrected chi connectivity index (χ1v) is 6.32. The molecule has 0 radical (unpaired) electrons. The zero-order chi connectivity index (χ0) is 13.1. The van der Waals surface area contributed by atoms with Gasteiger partial charge in [0.25, 0.3) is 0 Å². The van der Waals surface area contributed by atoms with E-state index in [-0.39, 0.29) is 0 Å². The number of carboxylic acid groups (broad SMARTS) is 1. The summed E-state index contributed by atoms with van der Waals surface area (Å²) in [6.07, 6.45) is 2.22. The van der Waals surface area contributed by atoms with Crippen LogP contribution in [0.15, 0.2) is 18.2 Å². The summed E-state index contributed by atoms with van der Waals surface area (Å²) in [5.41, 5.74) is 2.00. The fourth-order valence-electron chi connectivity index (χ4n) is 2.24. The maximum Gasteiger partial charge on any atom is 0.337 e. The number of carbonyl (C=O) groups is 1. The third-order valence-corrected chi connectivity index (χ3v) is 3.26. The maximum absolute atomic E-state index is 11.2. The third kappa shape index (κ3) is 2.82. The fraction of sp³-hybridized carbons (Fsp3) is 0.500. The second kappa shape index (κ2) is 5.40. The lowest BCUT2D eigenvalue weighted by Crippen LogP contribution is -2.41. The maximum atomic E-state index is 11.2. The van der Waals surface area contributed by atoms with Crippen LogP contribution in [0.5, 0.6) is 0 Å². The van der Waals surface area contributed by atoms with E-state index in [1.165, 1.54) is 0 Å². The minimum atomic E-state index is -0.887. The van der Waals surface area contributed by atoms with E-state index < -0.39 is 5.97 Å². The summed E-state index contributed by atoms with van der Waals surface area (Å²) < 4.78 is 5.49. The van der Waals surface area contributed by atoms with E-state index >= 15 is 0 Å². The lowest BCUT2D eigenvalue weighted by Gasteiger charge is -2.36. The van der Waals surface area contributed by atoms with Crippen molar-refractivity contribution in [3.8, 4) is 0 Å². The van der Waals surface area contributed by atoms with Crippen LogP contribution in [0.2, 0.25) is 0 Å². The molecule has 0 heterocycles. The molecular formula is C14H19NO3. The molecule has 1 aromatic rings. The fourth-order valence-corrected chi connectivity index (χ4v) is 2.24. The van der Waals surface area contributed by atoms with Gasteiger partial charge in [-0.15, -0.1) is 0 Å². The summed E-state index contributed by atoms with van der Waals surface area (Å²) >= 11 is 0. The molecule has 0 bridgehead atoms. The van der Waals surface area contributed by atoms with Gasteiger partial charge in [-0.3, -0.25) is 0 Å². The van der Waals surface area contributed by atoms with Crippen molar-refractivity contribution >= 4 is 11.7 Å². The number of hydrogen-bond donors (Lipinski definition) is 2. The molecule has 1 aromatic carbocycles. The molecule has 0 saturated heterocycles. The number of ether oxygens (including phenoxy) is 1. The second-order valence-electron chi connectivity index (χ2n) is 4.74. The average Bonchev–Trinajstić information content (AvgIpc) is 2.28. The molecule has 18 heavy (non-hydrogen) atoms. The number of hydrogen-bond acceptors (Lipinski definition) is 3. The van der Waals surface area contributed by atoms with Crippen LogP contribution >= 0.6 is 0 Å². The Morgan fingerprint density at radius 2 is 2.22 bits per heavy atom. The van der Waals surface area contributed by atoms with Crippen LogP contribution in [0.1, 0.15) is 35.7 Å². The van der Waals surface area contributed by atoms with Gasteiger partial charge in [0.15, 0.2) is 0 Å². The first-order chi connectivity index (χ1) is 8.60. The van der Waals surface area contributed by atoms with Gasteiger partial charge in [-0.2, -0.15) is 0 Å². The summed E-state index contributed by atoms with van der Waals surface area (Å²) in [6, 6.07) is 5.78. The van der Waals surface area contributed by atoms with Crippen LogP contribution in [0.25, 0.3) is 0 Å². The highest BCUT2D eigenvalue weighted by Crippen LogP contribution is 2.28. The molecule has 0 atom stereocenters. The number of aryl methyl sites for hydroxylation is 1. The van der Waals surface area contributed by atoms with Gasteiger partial charge < -0.3 is 15.2 Å². The van der Waals surface area contributed by atoms with Gasteiger partial charge in [0, 0.05) is 18.3 Å². The van der Waals surface area contributed by atoms with Crippen molar-refractivity contribution in [1.82, 2.24) is 0 Å². The number of benzene rings is 1. The summed E-state index contributed by atoms with van der Waals surface area (Å²) in [5.74, 6) is -0.887. The summed E-state index contributed by atoms with van der Waals surface area (Å²) in [5, 5.41) is 12.4. The second-order valence-corrected chi connectivity index (χ2v) is 4.74. The van der Waals surface area contributed by atoms with Gasteiger partial charge in [-0.05, 0) is 38.8 Å². The molecule has 1 saturated carbocycles. The lowest BCUT2D eigenvalue weighted by atomic mass is 9.88. The summed E-state index contributed by atoms with van der Waals surface area (Å²) in [4.78, 5) is 11.2. The molecule has 2 rings (SSSR count). The molecule has 0 amide bonds. The van der Waals surface area contributed by atoms with Crippen LogP contribution in [0.4, 0.5) is 5.69 Å². The van der Waals surface area contributed by atoms with Crippen molar-refractivity contribution in [2.24, 2.45) is 0 Å². The van der Waals surface area contributed by atoms with E-state index in [1.54, 1.807) is 6.07 Å². The summed E-state index contributed by atoms with van der Waals surface area (Å²) in [6.45, 7) is 4.62. The normalized spacial score (nSPS) is 22.3. The predicted molar refractivity (Wildman–Crippen MR) is 70.2 cm³/mol. The molecule has 0 aromatic heterocycles. The molecule has 1 fully saturated rings. The number of carboxylic acids is 1. The van der Waals surface area contributed by atoms with Crippen molar-refractivity contribution in [3.05, 3.63) is 29.3 Å². The Kier molecular flexibility index (Phi) is 3.87. The Hall–Kier alpha value is -1.55. The van der Waals surface area contributed by atoms with E-state index in [0.29, 0.717) is 23.4 Å². The quantitative estimate of drug-likeness (QED) is 0.842. The average molecular weight is 249 g/mol. The Morgan fingerprint density at radius 1 is 1.50 bits per heavy atom. The smallest absolute Gasteiger partial charge is 0.337 e. The van der Waals surface area contributed by atoms with Gasteiger partial charge in [0.05, 0.1) is 11.7 Å². The minimum absolute atomic E-state index is 0.322. The van der Waals surface area contributed by atoms with Crippen LogP contribution in [0.3, 0.4) is 0 Å². The molecule has 0 aliphatic heterocycles. The Labute approximate surface area is 107 Å². The molecule has 4 nitrogen and oxygen atoms in total. The molecule has 1 aliphatic carbocycles. The summed E-state index contributed by atoms with van der Waals surface area (Å²) in [7, 11) is 0. The molecule has 0 unspecified atom stereocenters. The Balaban J connectivity index is 2.00. The molecular weight excluding hydrogens is 230 g/mol. The van der Waals surface area contributed by atoms with Crippen molar-refractivity contribution in [2.45, 2.75) is 38.8 Å². The van der Waals surface area contributed by atoms with Crippen molar-refractivity contribution in [1.29, 1.82) is 0 Å². The van der Waals surface area contributed by atoms with Crippen LogP contribution in [-0.2, 0) is 4.74 Å². The predicted octanol–water partition coefficient (Wildman–Crippen LogP) is 2.67. The van der Waals surface area contributed by atoms with Gasteiger partial charge in [-0.25, -0.2) is 4.79 Å². The van der Waals surface area contributed by atoms with E-state index in [0.717, 1.165) is 25.0 Å². The minimum Gasteiger partial charge on any atom is -0.478 e.